The first kappa shape index (κ1) is 11.3. The van der Waals surface area contributed by atoms with Gasteiger partial charge in [0.1, 0.15) is 10.7 Å². The van der Waals surface area contributed by atoms with Crippen LogP contribution in [0.4, 0.5) is 8.78 Å². The van der Waals surface area contributed by atoms with Crippen molar-refractivity contribution in [3.8, 4) is 0 Å². The molecule has 0 spiro atoms. The van der Waals surface area contributed by atoms with Crippen molar-refractivity contribution in [3.63, 3.8) is 0 Å². The normalized spacial score (nSPS) is 11.4. The highest BCUT2D eigenvalue weighted by Gasteiger charge is 2.13. The van der Waals surface area contributed by atoms with Crippen LogP contribution in [-0.2, 0) is 0 Å². The van der Waals surface area contributed by atoms with E-state index in [4.69, 9.17) is 11.6 Å². The third kappa shape index (κ3) is 1.76. The zero-order chi connectivity index (χ0) is 11.9. The summed E-state index contributed by atoms with van der Waals surface area (Å²) in [4.78, 5) is 3.91. The fourth-order valence-electron chi connectivity index (χ4n) is 1.58. The molecule has 4 heteroatoms. The second-order valence-electron chi connectivity index (χ2n) is 3.96. The predicted molar refractivity (Wildman–Crippen MR) is 60.8 cm³/mol. The molecule has 2 rings (SSSR count). The van der Waals surface area contributed by atoms with Crippen molar-refractivity contribution in [2.45, 2.75) is 19.8 Å². The predicted octanol–water partition coefficient (Wildman–Crippen LogP) is 4.29. The zero-order valence-electron chi connectivity index (χ0n) is 8.89. The van der Waals surface area contributed by atoms with Crippen LogP contribution in [0.1, 0.15) is 25.3 Å². The van der Waals surface area contributed by atoms with Gasteiger partial charge >= 0.3 is 0 Å². The minimum absolute atomic E-state index is 0.0191. The monoisotopic (exact) mass is 241 g/mol. The van der Waals surface area contributed by atoms with Crippen LogP contribution in [0.25, 0.3) is 10.9 Å². The third-order valence-electron chi connectivity index (χ3n) is 2.48. The maximum Gasteiger partial charge on any atom is 0.185 e. The second-order valence-corrected chi connectivity index (χ2v) is 4.31. The highest BCUT2D eigenvalue weighted by molar-refractivity contribution is 6.30. The molecule has 0 aliphatic rings. The summed E-state index contributed by atoms with van der Waals surface area (Å²) in [7, 11) is 0. The molecular formula is C12H10ClF2N. The number of halogens is 3. The molecule has 1 nitrogen and oxygen atoms in total. The molecule has 0 saturated heterocycles. The second kappa shape index (κ2) is 3.98. The number of benzene rings is 1. The van der Waals surface area contributed by atoms with E-state index in [0.717, 1.165) is 11.6 Å². The summed E-state index contributed by atoms with van der Waals surface area (Å²) in [6.45, 7) is 3.93. The first-order valence-electron chi connectivity index (χ1n) is 4.95. The van der Waals surface area contributed by atoms with Gasteiger partial charge in [-0.3, -0.25) is 0 Å². The molecule has 0 amide bonds. The Balaban J connectivity index is 2.79. The van der Waals surface area contributed by atoms with Crippen molar-refractivity contribution in [2.75, 3.05) is 0 Å². The van der Waals surface area contributed by atoms with Crippen molar-refractivity contribution < 1.29 is 8.78 Å². The van der Waals surface area contributed by atoms with Crippen LogP contribution >= 0.6 is 11.6 Å². The Morgan fingerprint density at radius 2 is 1.94 bits per heavy atom. The van der Waals surface area contributed by atoms with Gasteiger partial charge in [0.05, 0.1) is 0 Å². The maximum absolute atomic E-state index is 13.4. The molecule has 0 unspecified atom stereocenters. The molecule has 84 valence electrons. The Kier molecular flexibility index (Phi) is 2.80. The van der Waals surface area contributed by atoms with Gasteiger partial charge in [-0.25, -0.2) is 13.8 Å². The number of pyridine rings is 1. The molecule has 1 heterocycles. The van der Waals surface area contributed by atoms with Crippen molar-refractivity contribution in [2.24, 2.45) is 0 Å². The molecule has 0 atom stereocenters. The lowest BCUT2D eigenvalue weighted by Gasteiger charge is -2.09. The van der Waals surface area contributed by atoms with E-state index in [-0.39, 0.29) is 16.6 Å². The fourth-order valence-corrected chi connectivity index (χ4v) is 1.94. The lowest BCUT2D eigenvalue weighted by atomic mass is 10.0. The largest absolute Gasteiger partial charge is 0.233 e. The summed E-state index contributed by atoms with van der Waals surface area (Å²) in [6, 6.07) is 4.35. The quantitative estimate of drug-likeness (QED) is 0.679. The van der Waals surface area contributed by atoms with Gasteiger partial charge in [-0.05, 0) is 29.7 Å². The summed E-state index contributed by atoms with van der Waals surface area (Å²) in [5, 5.41) is 0.791. The third-order valence-corrected chi connectivity index (χ3v) is 2.78. The Labute approximate surface area is 97.1 Å². The number of rotatable bonds is 1. The summed E-state index contributed by atoms with van der Waals surface area (Å²) in [5.41, 5.74) is 0.814. The molecule has 1 aromatic heterocycles. The Morgan fingerprint density at radius 1 is 1.25 bits per heavy atom. The maximum atomic E-state index is 13.4. The van der Waals surface area contributed by atoms with Gasteiger partial charge in [0, 0.05) is 5.39 Å². The Bertz CT molecular complexity index is 552. The van der Waals surface area contributed by atoms with Crippen LogP contribution in [0.2, 0.25) is 5.15 Å². The van der Waals surface area contributed by atoms with Crippen LogP contribution < -0.4 is 0 Å². The number of hydrogen-bond acceptors (Lipinski definition) is 1. The number of hydrogen-bond donors (Lipinski definition) is 0. The van der Waals surface area contributed by atoms with Crippen LogP contribution in [0, 0.1) is 11.6 Å². The first-order valence-corrected chi connectivity index (χ1v) is 5.32. The van der Waals surface area contributed by atoms with Gasteiger partial charge in [-0.2, -0.15) is 0 Å². The summed E-state index contributed by atoms with van der Waals surface area (Å²) >= 11 is 5.92. The van der Waals surface area contributed by atoms with E-state index in [0.29, 0.717) is 5.39 Å². The van der Waals surface area contributed by atoms with Crippen LogP contribution in [-0.4, -0.2) is 4.98 Å². The average Bonchev–Trinajstić information content (AvgIpc) is 2.23. The van der Waals surface area contributed by atoms with Gasteiger partial charge in [-0.15, -0.1) is 0 Å². The minimum atomic E-state index is -0.949. The number of fused-ring (bicyclic) bond motifs is 1. The molecule has 0 bridgehead atoms. The van der Waals surface area contributed by atoms with Crippen molar-refractivity contribution >= 4 is 22.5 Å². The number of aromatic nitrogens is 1. The van der Waals surface area contributed by atoms with Crippen molar-refractivity contribution in [1.82, 2.24) is 4.98 Å². The van der Waals surface area contributed by atoms with E-state index in [2.05, 4.69) is 4.98 Å². The lowest BCUT2D eigenvalue weighted by molar-refractivity contribution is 0.515. The smallest absolute Gasteiger partial charge is 0.185 e. The molecule has 0 saturated carbocycles. The van der Waals surface area contributed by atoms with Gasteiger partial charge in [0.15, 0.2) is 11.6 Å². The van der Waals surface area contributed by atoms with E-state index in [1.165, 1.54) is 6.07 Å². The summed E-state index contributed by atoms with van der Waals surface area (Å²) < 4.78 is 26.4. The molecule has 0 aliphatic heterocycles. The number of nitrogens with zero attached hydrogens (tertiary/aromatic N) is 1. The molecule has 16 heavy (non-hydrogen) atoms. The Hall–Kier alpha value is -1.22. The van der Waals surface area contributed by atoms with E-state index in [1.807, 2.05) is 13.8 Å². The summed E-state index contributed by atoms with van der Waals surface area (Å²) in [6.07, 6.45) is 0. The SMILES string of the molecule is CC(C)c1cc2ccc(F)c(F)c2nc1Cl. The van der Waals surface area contributed by atoms with Crippen LogP contribution in [0.15, 0.2) is 18.2 Å². The van der Waals surface area contributed by atoms with Gasteiger partial charge in [0.2, 0.25) is 0 Å². The molecular weight excluding hydrogens is 232 g/mol. The van der Waals surface area contributed by atoms with Gasteiger partial charge in [0.25, 0.3) is 0 Å². The average molecular weight is 242 g/mol. The summed E-state index contributed by atoms with van der Waals surface area (Å²) in [5.74, 6) is -1.67. The van der Waals surface area contributed by atoms with Crippen molar-refractivity contribution in [1.29, 1.82) is 0 Å². The molecule has 0 N–H and O–H groups in total. The van der Waals surface area contributed by atoms with E-state index < -0.39 is 11.6 Å². The van der Waals surface area contributed by atoms with Crippen molar-refractivity contribution in [3.05, 3.63) is 40.6 Å². The lowest BCUT2D eigenvalue weighted by Crippen LogP contribution is -1.95. The zero-order valence-corrected chi connectivity index (χ0v) is 9.65. The highest BCUT2D eigenvalue weighted by atomic mass is 35.5. The first-order chi connectivity index (χ1) is 7.50. The van der Waals surface area contributed by atoms with Crippen LogP contribution in [0.3, 0.4) is 0 Å². The molecule has 1 aromatic carbocycles. The van der Waals surface area contributed by atoms with Gasteiger partial charge < -0.3 is 0 Å². The van der Waals surface area contributed by atoms with Gasteiger partial charge in [-0.1, -0.05) is 25.4 Å². The fraction of sp³-hybridized carbons (Fsp3) is 0.250. The molecule has 0 radical (unpaired) electrons. The minimum Gasteiger partial charge on any atom is -0.233 e. The molecule has 2 aromatic rings. The molecule has 0 aliphatic carbocycles. The Morgan fingerprint density at radius 3 is 2.56 bits per heavy atom. The van der Waals surface area contributed by atoms with E-state index >= 15 is 0 Å². The van der Waals surface area contributed by atoms with E-state index in [1.54, 1.807) is 6.07 Å². The topological polar surface area (TPSA) is 12.9 Å². The van der Waals surface area contributed by atoms with E-state index in [9.17, 15) is 8.78 Å². The standard InChI is InChI=1S/C12H10ClF2N/c1-6(2)8-5-7-3-4-9(14)10(15)11(7)16-12(8)13/h3-6H,1-2H3. The van der Waals surface area contributed by atoms with Crippen LogP contribution in [0.5, 0.6) is 0 Å². The highest BCUT2D eigenvalue weighted by Crippen LogP contribution is 2.28. The molecule has 0 fully saturated rings.